The van der Waals surface area contributed by atoms with Crippen LogP contribution in [-0.4, -0.2) is 89.0 Å². The summed E-state index contributed by atoms with van der Waals surface area (Å²) in [7, 11) is 3.11. The maximum Gasteiger partial charge on any atom is 0.397 e. The molecule has 3 aliphatic rings. The van der Waals surface area contributed by atoms with Crippen molar-refractivity contribution >= 4 is 35.4 Å². The lowest BCUT2D eigenvalue weighted by molar-refractivity contribution is -0.545. The number of urea groups is 1. The van der Waals surface area contributed by atoms with Crippen LogP contribution < -0.4 is 9.64 Å². The lowest BCUT2D eigenvalue weighted by Crippen LogP contribution is -2.64. The van der Waals surface area contributed by atoms with E-state index in [0.717, 1.165) is 16.3 Å². The summed E-state index contributed by atoms with van der Waals surface area (Å²) in [5.41, 5.74) is 0.893. The van der Waals surface area contributed by atoms with Crippen molar-refractivity contribution in [3.63, 3.8) is 0 Å². The number of carboxylic acid groups (broad SMARTS) is 1. The number of anilines is 1. The molecule has 0 saturated carbocycles. The van der Waals surface area contributed by atoms with Crippen LogP contribution >= 0.6 is 0 Å². The van der Waals surface area contributed by atoms with Gasteiger partial charge in [-0.3, -0.25) is 14.5 Å². The molecule has 2 unspecified atom stereocenters. The van der Waals surface area contributed by atoms with Crippen LogP contribution in [0.1, 0.15) is 6.92 Å². The molecule has 0 aliphatic carbocycles. The molecule has 29 heavy (non-hydrogen) atoms. The second-order valence-electron chi connectivity index (χ2n) is 7.40. The number of aliphatic imine (C=N–C) groups is 1. The zero-order chi connectivity index (χ0) is 20.9. The lowest BCUT2D eigenvalue weighted by Gasteiger charge is -2.34. The number of benzene rings is 1. The van der Waals surface area contributed by atoms with Gasteiger partial charge in [-0.15, -0.1) is 0 Å². The zero-order valence-electron chi connectivity index (χ0n) is 16.4. The SMILES string of the molecule is COc1ccc(N2CC(C)C[N+]3=C2N=C2C3C(=O)N(CC(=O)O)C(=O)N2C)cc1. The van der Waals surface area contributed by atoms with Gasteiger partial charge in [0.05, 0.1) is 20.2 Å². The van der Waals surface area contributed by atoms with E-state index in [2.05, 4.69) is 11.9 Å². The Morgan fingerprint density at radius 1 is 1.31 bits per heavy atom. The highest BCUT2D eigenvalue weighted by atomic mass is 16.5. The molecule has 10 nitrogen and oxygen atoms in total. The highest BCUT2D eigenvalue weighted by Crippen LogP contribution is 2.29. The Kier molecular flexibility index (Phi) is 4.48. The molecule has 3 heterocycles. The molecule has 4 rings (SSSR count). The molecule has 2 atom stereocenters. The number of rotatable bonds is 4. The Hall–Kier alpha value is -3.43. The number of hydrogen-bond donors (Lipinski definition) is 1. The summed E-state index contributed by atoms with van der Waals surface area (Å²) < 4.78 is 7.07. The first-order valence-electron chi connectivity index (χ1n) is 9.26. The lowest BCUT2D eigenvalue weighted by atomic mass is 10.1. The Morgan fingerprint density at radius 3 is 2.62 bits per heavy atom. The summed E-state index contributed by atoms with van der Waals surface area (Å²) in [4.78, 5) is 45.4. The van der Waals surface area contributed by atoms with E-state index < -0.39 is 30.5 Å². The first kappa shape index (κ1) is 18.9. The molecule has 1 aromatic rings. The van der Waals surface area contributed by atoms with Gasteiger partial charge in [-0.1, -0.05) is 11.9 Å². The maximum atomic E-state index is 13.0. The Bertz CT molecular complexity index is 954. The number of amides is 3. The average molecular weight is 400 g/mol. The van der Waals surface area contributed by atoms with Crippen LogP contribution in [0.2, 0.25) is 0 Å². The number of methoxy groups -OCH3 is 1. The second-order valence-corrected chi connectivity index (χ2v) is 7.40. The van der Waals surface area contributed by atoms with Gasteiger partial charge in [0, 0.05) is 13.0 Å². The van der Waals surface area contributed by atoms with Gasteiger partial charge in [0.25, 0.3) is 5.91 Å². The van der Waals surface area contributed by atoms with Gasteiger partial charge >= 0.3 is 18.0 Å². The van der Waals surface area contributed by atoms with E-state index in [4.69, 9.17) is 9.84 Å². The first-order chi connectivity index (χ1) is 13.8. The second kappa shape index (κ2) is 6.87. The molecule has 3 amide bonds. The van der Waals surface area contributed by atoms with E-state index in [1.165, 1.54) is 11.9 Å². The minimum absolute atomic E-state index is 0.221. The molecule has 1 fully saturated rings. The third kappa shape index (κ3) is 3.00. The maximum absolute atomic E-state index is 13.0. The highest BCUT2D eigenvalue weighted by molar-refractivity contribution is 6.24. The predicted octanol–water partition coefficient (Wildman–Crippen LogP) is 0.279. The van der Waals surface area contributed by atoms with Crippen LogP contribution in [0.25, 0.3) is 0 Å². The van der Waals surface area contributed by atoms with Crippen LogP contribution in [0.15, 0.2) is 29.3 Å². The smallest absolute Gasteiger partial charge is 0.397 e. The zero-order valence-corrected chi connectivity index (χ0v) is 16.4. The quantitative estimate of drug-likeness (QED) is 0.728. The minimum atomic E-state index is -1.24. The molecular formula is C19H22N5O5+. The molecule has 3 aliphatic heterocycles. The summed E-state index contributed by atoms with van der Waals surface area (Å²) in [5, 5.41) is 9.10. The van der Waals surface area contributed by atoms with Crippen LogP contribution in [0.5, 0.6) is 5.75 Å². The first-order valence-corrected chi connectivity index (χ1v) is 9.26. The van der Waals surface area contributed by atoms with E-state index in [1.54, 1.807) is 7.11 Å². The number of carboxylic acids is 1. The number of fused-ring (bicyclic) bond motifs is 2. The van der Waals surface area contributed by atoms with Gasteiger partial charge in [0.1, 0.15) is 18.0 Å². The van der Waals surface area contributed by atoms with E-state index >= 15 is 0 Å². The topological polar surface area (TPSA) is 106 Å². The molecule has 0 radical (unpaired) electrons. The summed E-state index contributed by atoms with van der Waals surface area (Å²) >= 11 is 0. The van der Waals surface area contributed by atoms with Crippen LogP contribution in [-0.2, 0) is 9.59 Å². The van der Waals surface area contributed by atoms with Crippen molar-refractivity contribution in [2.75, 3.05) is 38.7 Å². The van der Waals surface area contributed by atoms with Gasteiger partial charge in [-0.2, -0.15) is 0 Å². The molecule has 152 valence electrons. The molecule has 10 heteroatoms. The van der Waals surface area contributed by atoms with Crippen LogP contribution in [0, 0.1) is 5.92 Å². The molecule has 0 bridgehead atoms. The summed E-state index contributed by atoms with van der Waals surface area (Å²) in [6.45, 7) is 2.68. The minimum Gasteiger partial charge on any atom is -0.497 e. The summed E-state index contributed by atoms with van der Waals surface area (Å²) in [5.74, 6) is 0.0567. The van der Waals surface area contributed by atoms with Crippen molar-refractivity contribution in [1.29, 1.82) is 0 Å². The van der Waals surface area contributed by atoms with Crippen molar-refractivity contribution in [3.8, 4) is 5.75 Å². The number of likely N-dealkylation sites (N-methyl/N-ethyl adjacent to an activating group) is 1. The van der Waals surface area contributed by atoms with Crippen molar-refractivity contribution in [3.05, 3.63) is 24.3 Å². The fraction of sp³-hybridized carbons (Fsp3) is 0.421. The Balaban J connectivity index is 1.75. The third-order valence-corrected chi connectivity index (χ3v) is 5.31. The van der Waals surface area contributed by atoms with Gasteiger partial charge in [-0.25, -0.2) is 19.2 Å². The van der Waals surface area contributed by atoms with Crippen molar-refractivity contribution < 1.29 is 28.8 Å². The number of carbonyl (C=O) groups excluding carboxylic acids is 2. The Morgan fingerprint density at radius 2 is 2.00 bits per heavy atom. The average Bonchev–Trinajstić information content (AvgIpc) is 3.08. The van der Waals surface area contributed by atoms with E-state index in [0.29, 0.717) is 24.9 Å². The molecule has 0 aromatic heterocycles. The van der Waals surface area contributed by atoms with Gasteiger partial charge in [0.2, 0.25) is 11.9 Å². The number of carbonyl (C=O) groups is 3. The number of nitrogens with zero attached hydrogens (tertiary/aromatic N) is 5. The highest BCUT2D eigenvalue weighted by Gasteiger charge is 2.55. The standard InChI is InChI=1S/C19H21N5O5/c1-11-8-22(12-4-6-13(29-3)7-5-12)18-20-16-15(23(18)9-11)17(27)24(10-14(25)26)19(28)21(16)2/h4-7,11,15H,8-10H2,1-3H3/p+1. The number of amidine groups is 1. The van der Waals surface area contributed by atoms with Crippen molar-refractivity contribution in [2.24, 2.45) is 10.9 Å². The molecular weight excluding hydrogens is 378 g/mol. The molecule has 1 N–H and O–H groups in total. The number of imide groups is 1. The number of aliphatic carboxylic acids is 1. The van der Waals surface area contributed by atoms with Gasteiger partial charge in [-0.05, 0) is 24.3 Å². The van der Waals surface area contributed by atoms with Crippen molar-refractivity contribution in [1.82, 2.24) is 9.80 Å². The fourth-order valence-corrected chi connectivity index (χ4v) is 3.96. The Labute approximate surface area is 167 Å². The fourth-order valence-electron chi connectivity index (χ4n) is 3.96. The van der Waals surface area contributed by atoms with E-state index in [9.17, 15) is 14.4 Å². The largest absolute Gasteiger partial charge is 0.497 e. The normalized spacial score (nSPS) is 23.8. The van der Waals surface area contributed by atoms with Crippen LogP contribution in [0.3, 0.4) is 0 Å². The third-order valence-electron chi connectivity index (χ3n) is 5.31. The van der Waals surface area contributed by atoms with Crippen LogP contribution in [0.4, 0.5) is 10.5 Å². The van der Waals surface area contributed by atoms with Gasteiger partial charge in [0.15, 0.2) is 0 Å². The number of ether oxygens (including phenoxy) is 1. The molecule has 1 aromatic carbocycles. The van der Waals surface area contributed by atoms with E-state index in [1.807, 2.05) is 33.7 Å². The van der Waals surface area contributed by atoms with Gasteiger partial charge < -0.3 is 9.84 Å². The molecule has 0 spiro atoms. The number of hydrogen-bond acceptors (Lipinski definition) is 6. The molecule has 1 saturated heterocycles. The summed E-state index contributed by atoms with van der Waals surface area (Å²) in [6.07, 6.45) is 0. The van der Waals surface area contributed by atoms with E-state index in [-0.39, 0.29) is 5.92 Å². The number of guanidine groups is 1. The van der Waals surface area contributed by atoms with Crippen molar-refractivity contribution in [2.45, 2.75) is 13.0 Å². The monoisotopic (exact) mass is 400 g/mol. The predicted molar refractivity (Wildman–Crippen MR) is 103 cm³/mol. The summed E-state index contributed by atoms with van der Waals surface area (Å²) in [6, 6.07) is 6.04.